The number of rotatable bonds is 5. The van der Waals surface area contributed by atoms with Crippen LogP contribution in [0.15, 0.2) is 64.4 Å². The van der Waals surface area contributed by atoms with Gasteiger partial charge in [-0.25, -0.2) is 9.97 Å². The molecule has 0 saturated heterocycles. The van der Waals surface area contributed by atoms with Gasteiger partial charge in [-0.2, -0.15) is 4.98 Å². The molecule has 0 aliphatic carbocycles. The Morgan fingerprint density at radius 2 is 1.81 bits per heavy atom. The van der Waals surface area contributed by atoms with E-state index in [9.17, 15) is 0 Å². The van der Waals surface area contributed by atoms with E-state index in [4.69, 9.17) is 4.52 Å². The van der Waals surface area contributed by atoms with Gasteiger partial charge in [-0.1, -0.05) is 73.2 Å². The molecule has 0 atom stereocenters. The monoisotopic (exact) mass is 362 g/mol. The van der Waals surface area contributed by atoms with Crippen molar-refractivity contribution in [2.24, 2.45) is 0 Å². The van der Waals surface area contributed by atoms with Crippen molar-refractivity contribution >= 4 is 22.7 Å². The average molecular weight is 362 g/mol. The summed E-state index contributed by atoms with van der Waals surface area (Å²) in [5, 5.41) is 6.05. The molecule has 6 heteroatoms. The zero-order valence-corrected chi connectivity index (χ0v) is 15.4. The minimum atomic E-state index is 0.504. The van der Waals surface area contributed by atoms with Crippen LogP contribution in [0.3, 0.4) is 0 Å². The molecule has 2 heterocycles. The minimum Gasteiger partial charge on any atom is -0.338 e. The summed E-state index contributed by atoms with van der Waals surface area (Å²) in [5.74, 6) is 2.27. The summed E-state index contributed by atoms with van der Waals surface area (Å²) >= 11 is 1.57. The number of aromatic nitrogens is 4. The van der Waals surface area contributed by atoms with Crippen molar-refractivity contribution < 1.29 is 4.52 Å². The SMILES string of the molecule is CC(C)c1ccc(-c2noc(CSc3ncnc4ccccc34)n2)cc1. The molecule has 0 amide bonds. The predicted octanol–water partition coefficient (Wildman–Crippen LogP) is 5.10. The molecule has 130 valence electrons. The van der Waals surface area contributed by atoms with Crippen LogP contribution in [0.2, 0.25) is 0 Å². The summed E-state index contributed by atoms with van der Waals surface area (Å²) in [6.45, 7) is 4.35. The highest BCUT2D eigenvalue weighted by Crippen LogP contribution is 2.27. The predicted molar refractivity (Wildman–Crippen MR) is 103 cm³/mol. The molecule has 0 radical (unpaired) electrons. The molecule has 4 rings (SSSR count). The molecule has 0 saturated carbocycles. The summed E-state index contributed by atoms with van der Waals surface area (Å²) in [6.07, 6.45) is 1.58. The average Bonchev–Trinajstić information content (AvgIpc) is 3.15. The third-order valence-corrected chi connectivity index (χ3v) is 5.13. The van der Waals surface area contributed by atoms with Crippen molar-refractivity contribution in [3.63, 3.8) is 0 Å². The Hall–Kier alpha value is -2.73. The molecule has 2 aromatic heterocycles. The zero-order chi connectivity index (χ0) is 17.9. The van der Waals surface area contributed by atoms with Crippen molar-refractivity contribution in [3.8, 4) is 11.4 Å². The van der Waals surface area contributed by atoms with Gasteiger partial charge in [0.05, 0.1) is 11.3 Å². The maximum Gasteiger partial charge on any atom is 0.237 e. The fourth-order valence-electron chi connectivity index (χ4n) is 2.67. The molecular formula is C20H18N4OS. The number of thioether (sulfide) groups is 1. The first-order valence-electron chi connectivity index (χ1n) is 8.46. The van der Waals surface area contributed by atoms with Crippen molar-refractivity contribution in [1.29, 1.82) is 0 Å². The lowest BCUT2D eigenvalue weighted by atomic mass is 10.0. The first kappa shape index (κ1) is 16.7. The summed E-state index contributed by atoms with van der Waals surface area (Å²) in [7, 11) is 0. The number of para-hydroxylation sites is 1. The van der Waals surface area contributed by atoms with Crippen molar-refractivity contribution in [1.82, 2.24) is 20.1 Å². The zero-order valence-electron chi connectivity index (χ0n) is 14.6. The molecule has 0 aliphatic heterocycles. The van der Waals surface area contributed by atoms with Crippen molar-refractivity contribution in [3.05, 3.63) is 66.3 Å². The van der Waals surface area contributed by atoms with Crippen LogP contribution >= 0.6 is 11.8 Å². The Bertz CT molecular complexity index is 1020. The minimum absolute atomic E-state index is 0.504. The van der Waals surface area contributed by atoms with E-state index in [1.165, 1.54) is 5.56 Å². The quantitative estimate of drug-likeness (QED) is 0.364. The van der Waals surface area contributed by atoms with E-state index < -0.39 is 0 Å². The Kier molecular flexibility index (Phi) is 4.67. The normalized spacial score (nSPS) is 11.3. The molecule has 0 aliphatic rings. The van der Waals surface area contributed by atoms with Crippen LogP contribution in [0, 0.1) is 0 Å². The number of fused-ring (bicyclic) bond motifs is 1. The van der Waals surface area contributed by atoms with Crippen LogP contribution < -0.4 is 0 Å². The Morgan fingerprint density at radius 1 is 1.00 bits per heavy atom. The van der Waals surface area contributed by atoms with Gasteiger partial charge in [-0.05, 0) is 17.5 Å². The number of nitrogens with zero attached hydrogens (tertiary/aromatic N) is 4. The Balaban J connectivity index is 1.50. The molecule has 0 N–H and O–H groups in total. The standard InChI is InChI=1S/C20H18N4OS/c1-13(2)14-7-9-15(10-8-14)19-23-18(25-24-19)11-26-20-16-5-3-4-6-17(16)21-12-22-20/h3-10,12-13H,11H2,1-2H3. The lowest BCUT2D eigenvalue weighted by Gasteiger charge is -2.04. The molecule has 0 unspecified atom stereocenters. The fourth-order valence-corrected chi connectivity index (χ4v) is 3.50. The second-order valence-electron chi connectivity index (χ2n) is 6.27. The smallest absolute Gasteiger partial charge is 0.237 e. The van der Waals surface area contributed by atoms with E-state index in [0.717, 1.165) is 21.5 Å². The summed E-state index contributed by atoms with van der Waals surface area (Å²) in [4.78, 5) is 13.2. The van der Waals surface area contributed by atoms with Gasteiger partial charge in [0.1, 0.15) is 11.4 Å². The second-order valence-corrected chi connectivity index (χ2v) is 7.24. The van der Waals surface area contributed by atoms with Crippen LogP contribution in [-0.2, 0) is 5.75 Å². The lowest BCUT2D eigenvalue weighted by molar-refractivity contribution is 0.391. The largest absolute Gasteiger partial charge is 0.338 e. The fraction of sp³-hybridized carbons (Fsp3) is 0.200. The van der Waals surface area contributed by atoms with Gasteiger partial charge < -0.3 is 4.52 Å². The molecule has 0 fully saturated rings. The van der Waals surface area contributed by atoms with Gasteiger partial charge in [0, 0.05) is 10.9 Å². The first-order chi connectivity index (χ1) is 12.7. The third-order valence-electron chi connectivity index (χ3n) is 4.14. The topological polar surface area (TPSA) is 64.7 Å². The van der Waals surface area contributed by atoms with Gasteiger partial charge in [0.2, 0.25) is 11.7 Å². The molecule has 0 spiro atoms. The second kappa shape index (κ2) is 7.25. The Labute approximate surface area is 155 Å². The summed E-state index contributed by atoms with van der Waals surface area (Å²) in [5.41, 5.74) is 3.19. The van der Waals surface area contributed by atoms with Crippen LogP contribution in [0.1, 0.15) is 31.2 Å². The van der Waals surface area contributed by atoms with Crippen molar-refractivity contribution in [2.75, 3.05) is 0 Å². The van der Waals surface area contributed by atoms with E-state index in [2.05, 4.69) is 46.1 Å². The van der Waals surface area contributed by atoms with Crippen LogP contribution in [0.25, 0.3) is 22.3 Å². The molecular weight excluding hydrogens is 344 g/mol. The van der Waals surface area contributed by atoms with Gasteiger partial charge >= 0.3 is 0 Å². The molecule has 0 bridgehead atoms. The van der Waals surface area contributed by atoms with Gasteiger partial charge in [0.15, 0.2) is 0 Å². The molecule has 26 heavy (non-hydrogen) atoms. The first-order valence-corrected chi connectivity index (χ1v) is 9.45. The highest BCUT2D eigenvalue weighted by molar-refractivity contribution is 7.98. The molecule has 5 nitrogen and oxygen atoms in total. The van der Waals surface area contributed by atoms with E-state index in [-0.39, 0.29) is 0 Å². The lowest BCUT2D eigenvalue weighted by Crippen LogP contribution is -1.89. The summed E-state index contributed by atoms with van der Waals surface area (Å²) < 4.78 is 5.41. The number of hydrogen-bond donors (Lipinski definition) is 0. The van der Waals surface area contributed by atoms with Gasteiger partial charge in [-0.3, -0.25) is 0 Å². The maximum atomic E-state index is 5.41. The highest BCUT2D eigenvalue weighted by atomic mass is 32.2. The number of benzene rings is 2. The van der Waals surface area contributed by atoms with E-state index in [0.29, 0.717) is 23.4 Å². The molecule has 4 aromatic rings. The van der Waals surface area contributed by atoms with E-state index in [1.807, 2.05) is 36.4 Å². The van der Waals surface area contributed by atoms with Crippen molar-refractivity contribution in [2.45, 2.75) is 30.5 Å². The van der Waals surface area contributed by atoms with Gasteiger partial charge in [0.25, 0.3) is 0 Å². The van der Waals surface area contributed by atoms with E-state index in [1.54, 1.807) is 18.1 Å². The summed E-state index contributed by atoms with van der Waals surface area (Å²) in [6, 6.07) is 16.2. The third kappa shape index (κ3) is 3.46. The van der Waals surface area contributed by atoms with Crippen LogP contribution in [-0.4, -0.2) is 20.1 Å². The van der Waals surface area contributed by atoms with Crippen LogP contribution in [0.4, 0.5) is 0 Å². The number of hydrogen-bond acceptors (Lipinski definition) is 6. The van der Waals surface area contributed by atoms with Gasteiger partial charge in [-0.15, -0.1) is 0 Å². The maximum absolute atomic E-state index is 5.41. The molecule has 2 aromatic carbocycles. The highest BCUT2D eigenvalue weighted by Gasteiger charge is 2.11. The van der Waals surface area contributed by atoms with Crippen LogP contribution in [0.5, 0.6) is 0 Å². The van der Waals surface area contributed by atoms with E-state index >= 15 is 0 Å². The Morgan fingerprint density at radius 3 is 2.62 bits per heavy atom.